The molecule has 30 heavy (non-hydrogen) atoms. The van der Waals surface area contributed by atoms with Crippen molar-refractivity contribution < 1.29 is 19.2 Å². The number of rotatable bonds is 9. The fourth-order valence-electron chi connectivity index (χ4n) is 2.93. The summed E-state index contributed by atoms with van der Waals surface area (Å²) >= 11 is 0. The van der Waals surface area contributed by atoms with Gasteiger partial charge in [0, 0.05) is 25.0 Å². The zero-order valence-electron chi connectivity index (χ0n) is 16.7. The van der Waals surface area contributed by atoms with Gasteiger partial charge in [-0.25, -0.2) is 0 Å². The lowest BCUT2D eigenvalue weighted by Gasteiger charge is -2.12. The van der Waals surface area contributed by atoms with Crippen LogP contribution >= 0.6 is 0 Å². The van der Waals surface area contributed by atoms with Gasteiger partial charge in [-0.15, -0.1) is 0 Å². The molecule has 0 aliphatic heterocycles. The Morgan fingerprint density at radius 3 is 2.53 bits per heavy atom. The Bertz CT molecular complexity index is 1020. The fourth-order valence-corrected chi connectivity index (χ4v) is 2.93. The minimum atomic E-state index is -0.614. The van der Waals surface area contributed by atoms with Crippen molar-refractivity contribution in [1.82, 2.24) is 15.1 Å². The topological polar surface area (TPSA) is 109 Å². The molecular weight excluding hydrogens is 388 g/mol. The second-order valence-electron chi connectivity index (χ2n) is 6.41. The number of amides is 1. The van der Waals surface area contributed by atoms with E-state index in [0.29, 0.717) is 13.2 Å². The molecule has 0 saturated heterocycles. The van der Waals surface area contributed by atoms with Crippen molar-refractivity contribution in [3.8, 4) is 11.5 Å². The second-order valence-corrected chi connectivity index (χ2v) is 6.41. The van der Waals surface area contributed by atoms with Crippen molar-refractivity contribution in [2.45, 2.75) is 20.0 Å². The molecule has 1 amide bonds. The lowest BCUT2D eigenvalue weighted by molar-refractivity contribution is -0.385. The standard InChI is InChI=1S/C21H22N4O5/c1-3-30-20-11-17(18(25(27)28)12-19(20)29-2)21(26)22-13-15-5-7-16(8-6-15)14-24-10-4-9-23-24/h4-12H,3,13-14H2,1-2H3,(H,22,26). The number of carbonyl (C=O) groups excluding carboxylic acids is 1. The predicted molar refractivity (Wildman–Crippen MR) is 110 cm³/mol. The van der Waals surface area contributed by atoms with E-state index in [1.54, 1.807) is 13.1 Å². The van der Waals surface area contributed by atoms with Crippen molar-refractivity contribution in [3.05, 3.63) is 81.7 Å². The number of methoxy groups -OCH3 is 1. The molecule has 0 fully saturated rings. The first-order valence-corrected chi connectivity index (χ1v) is 9.34. The van der Waals surface area contributed by atoms with E-state index in [4.69, 9.17) is 9.47 Å². The third-order valence-electron chi connectivity index (χ3n) is 4.40. The smallest absolute Gasteiger partial charge is 0.286 e. The van der Waals surface area contributed by atoms with Gasteiger partial charge in [0.1, 0.15) is 5.56 Å². The Morgan fingerprint density at radius 2 is 1.93 bits per heavy atom. The van der Waals surface area contributed by atoms with Gasteiger partial charge >= 0.3 is 0 Å². The zero-order valence-corrected chi connectivity index (χ0v) is 16.7. The van der Waals surface area contributed by atoms with Gasteiger partial charge in [0.15, 0.2) is 11.5 Å². The maximum atomic E-state index is 12.7. The van der Waals surface area contributed by atoms with E-state index < -0.39 is 10.8 Å². The zero-order chi connectivity index (χ0) is 21.5. The van der Waals surface area contributed by atoms with Crippen LogP contribution in [0.25, 0.3) is 0 Å². The second kappa shape index (κ2) is 9.55. The van der Waals surface area contributed by atoms with Gasteiger partial charge in [0.05, 0.1) is 31.3 Å². The average molecular weight is 410 g/mol. The van der Waals surface area contributed by atoms with Gasteiger partial charge in [0.2, 0.25) is 0 Å². The van der Waals surface area contributed by atoms with Crippen LogP contribution in [0.2, 0.25) is 0 Å². The Kier molecular flexibility index (Phi) is 6.63. The summed E-state index contributed by atoms with van der Waals surface area (Å²) in [6, 6.07) is 12.1. The molecule has 1 N–H and O–H groups in total. The summed E-state index contributed by atoms with van der Waals surface area (Å²) in [6.45, 7) is 2.99. The van der Waals surface area contributed by atoms with E-state index >= 15 is 0 Å². The fraction of sp³-hybridized carbons (Fsp3) is 0.238. The molecule has 1 aromatic heterocycles. The first-order chi connectivity index (χ1) is 14.5. The van der Waals surface area contributed by atoms with Crippen molar-refractivity contribution in [1.29, 1.82) is 0 Å². The molecule has 0 saturated carbocycles. The van der Waals surface area contributed by atoms with Gasteiger partial charge in [-0.05, 0) is 24.1 Å². The molecule has 3 rings (SSSR count). The summed E-state index contributed by atoms with van der Waals surface area (Å²) in [5.74, 6) is -0.0856. The highest BCUT2D eigenvalue weighted by atomic mass is 16.6. The summed E-state index contributed by atoms with van der Waals surface area (Å²) in [4.78, 5) is 23.5. The third-order valence-corrected chi connectivity index (χ3v) is 4.40. The van der Waals surface area contributed by atoms with Crippen LogP contribution in [0.4, 0.5) is 5.69 Å². The largest absolute Gasteiger partial charge is 0.493 e. The first kappa shape index (κ1) is 20.8. The van der Waals surface area contributed by atoms with Gasteiger partial charge in [-0.1, -0.05) is 24.3 Å². The average Bonchev–Trinajstić information content (AvgIpc) is 3.26. The lowest BCUT2D eigenvalue weighted by atomic mass is 10.1. The number of benzene rings is 2. The Morgan fingerprint density at radius 1 is 1.20 bits per heavy atom. The van der Waals surface area contributed by atoms with Crippen molar-refractivity contribution in [3.63, 3.8) is 0 Å². The van der Waals surface area contributed by atoms with E-state index in [0.717, 1.165) is 11.1 Å². The van der Waals surface area contributed by atoms with E-state index in [1.165, 1.54) is 19.2 Å². The SMILES string of the molecule is CCOc1cc(C(=O)NCc2ccc(Cn3cccn3)cc2)c([N+](=O)[O-])cc1OC. The molecule has 0 aliphatic carbocycles. The number of nitro groups is 1. The lowest BCUT2D eigenvalue weighted by Crippen LogP contribution is -2.24. The normalized spacial score (nSPS) is 10.5. The first-order valence-electron chi connectivity index (χ1n) is 9.34. The third kappa shape index (κ3) is 4.93. The molecule has 3 aromatic rings. The van der Waals surface area contributed by atoms with Crippen LogP contribution < -0.4 is 14.8 Å². The quantitative estimate of drug-likeness (QED) is 0.429. The minimum Gasteiger partial charge on any atom is -0.493 e. The molecule has 0 spiro atoms. The number of nitro benzene ring substituents is 1. The summed E-state index contributed by atoms with van der Waals surface area (Å²) in [6.07, 6.45) is 3.60. The molecule has 156 valence electrons. The van der Waals surface area contributed by atoms with Gasteiger partial charge < -0.3 is 14.8 Å². The Hall–Kier alpha value is -3.88. The molecule has 2 aromatic carbocycles. The van der Waals surface area contributed by atoms with Crippen LogP contribution in [0, 0.1) is 10.1 Å². The number of hydrogen-bond acceptors (Lipinski definition) is 6. The van der Waals surface area contributed by atoms with Crippen molar-refractivity contribution in [2.75, 3.05) is 13.7 Å². The number of ether oxygens (including phenoxy) is 2. The molecule has 0 unspecified atom stereocenters. The van der Waals surface area contributed by atoms with Crippen LogP contribution in [-0.4, -0.2) is 34.3 Å². The summed E-state index contributed by atoms with van der Waals surface area (Å²) in [5, 5.41) is 18.3. The number of nitrogens with zero attached hydrogens (tertiary/aromatic N) is 3. The highest BCUT2D eigenvalue weighted by molar-refractivity contribution is 5.99. The van der Waals surface area contributed by atoms with Crippen LogP contribution in [-0.2, 0) is 13.1 Å². The van der Waals surface area contributed by atoms with Crippen LogP contribution in [0.5, 0.6) is 11.5 Å². The molecule has 1 heterocycles. The van der Waals surface area contributed by atoms with Gasteiger partial charge in [-0.3, -0.25) is 19.6 Å². The van der Waals surface area contributed by atoms with Crippen LogP contribution in [0.1, 0.15) is 28.4 Å². The number of aromatic nitrogens is 2. The Balaban J connectivity index is 1.72. The molecule has 0 bridgehead atoms. The summed E-state index contributed by atoms with van der Waals surface area (Å²) in [7, 11) is 1.39. The highest BCUT2D eigenvalue weighted by Crippen LogP contribution is 2.34. The number of nitrogens with one attached hydrogen (secondary N) is 1. The van der Waals surface area contributed by atoms with E-state index in [2.05, 4.69) is 10.4 Å². The molecular formula is C21H22N4O5. The summed E-state index contributed by atoms with van der Waals surface area (Å²) < 4.78 is 12.4. The molecule has 0 radical (unpaired) electrons. The molecule has 0 atom stereocenters. The molecule has 9 nitrogen and oxygen atoms in total. The maximum absolute atomic E-state index is 12.7. The predicted octanol–water partition coefficient (Wildman–Crippen LogP) is 3.18. The van der Waals surface area contributed by atoms with Crippen LogP contribution in [0.3, 0.4) is 0 Å². The maximum Gasteiger partial charge on any atom is 0.286 e. The van der Waals surface area contributed by atoms with Crippen molar-refractivity contribution >= 4 is 11.6 Å². The van der Waals surface area contributed by atoms with Gasteiger partial charge in [-0.2, -0.15) is 5.10 Å². The van der Waals surface area contributed by atoms with E-state index in [1.807, 2.05) is 41.2 Å². The van der Waals surface area contributed by atoms with E-state index in [-0.39, 0.29) is 29.3 Å². The minimum absolute atomic E-state index is 0.0837. The molecule has 9 heteroatoms. The molecule has 0 aliphatic rings. The van der Waals surface area contributed by atoms with Crippen LogP contribution in [0.15, 0.2) is 54.9 Å². The van der Waals surface area contributed by atoms with E-state index in [9.17, 15) is 14.9 Å². The number of hydrogen-bond donors (Lipinski definition) is 1. The monoisotopic (exact) mass is 410 g/mol. The van der Waals surface area contributed by atoms with Crippen molar-refractivity contribution in [2.24, 2.45) is 0 Å². The number of carbonyl (C=O) groups is 1. The summed E-state index contributed by atoms with van der Waals surface area (Å²) in [5.41, 5.74) is 1.51. The van der Waals surface area contributed by atoms with Gasteiger partial charge in [0.25, 0.3) is 11.6 Å². The Labute approximate surface area is 173 Å². The highest BCUT2D eigenvalue weighted by Gasteiger charge is 2.24.